The van der Waals surface area contributed by atoms with E-state index >= 15 is 0 Å². The molecule has 0 saturated heterocycles. The normalized spacial score (nSPS) is 10.7. The zero-order valence-electron chi connectivity index (χ0n) is 9.45. The molecule has 1 aromatic carbocycles. The summed E-state index contributed by atoms with van der Waals surface area (Å²) < 4.78 is 10.5. The number of benzene rings is 1. The first-order valence-electron chi connectivity index (χ1n) is 5.46. The highest BCUT2D eigenvalue weighted by Gasteiger charge is 2.13. The molecule has 3 nitrogen and oxygen atoms in total. The van der Waals surface area contributed by atoms with Crippen molar-refractivity contribution in [3.8, 4) is 11.5 Å². The average Bonchev–Trinajstić information content (AvgIpc) is 3.08. The lowest BCUT2D eigenvalue weighted by molar-refractivity contribution is 0.578. The summed E-state index contributed by atoms with van der Waals surface area (Å²) in [7, 11) is 0. The molecule has 0 aliphatic carbocycles. The second-order valence-electron chi connectivity index (χ2n) is 3.66. The Bertz CT molecular complexity index is 605. The van der Waals surface area contributed by atoms with E-state index in [0.29, 0.717) is 0 Å². The van der Waals surface area contributed by atoms with Gasteiger partial charge in [-0.2, -0.15) is 0 Å². The van der Waals surface area contributed by atoms with Crippen LogP contribution in [-0.4, -0.2) is 9.59 Å². The average molecular weight is 274 g/mol. The van der Waals surface area contributed by atoms with Crippen LogP contribution in [0.25, 0.3) is 11.5 Å². The fourth-order valence-electron chi connectivity index (χ4n) is 1.56. The van der Waals surface area contributed by atoms with Gasteiger partial charge in [0.05, 0.1) is 6.26 Å². The molecule has 2 aromatic heterocycles. The Morgan fingerprint density at radius 2 is 2.00 bits per heavy atom. The van der Waals surface area contributed by atoms with Crippen LogP contribution in [0.1, 0.15) is 5.56 Å². The van der Waals surface area contributed by atoms with Gasteiger partial charge < -0.3 is 4.42 Å². The number of nitrogens with zero attached hydrogens (tertiary/aromatic N) is 2. The predicted octanol–water partition coefficient (Wildman–Crippen LogP) is 4.09. The van der Waals surface area contributed by atoms with E-state index in [9.17, 15) is 0 Å². The molecule has 0 aliphatic heterocycles. The Morgan fingerprint density at radius 3 is 2.78 bits per heavy atom. The number of hydrogen-bond donors (Lipinski definition) is 0. The Labute approximate surface area is 113 Å². The molecular weight excluding hydrogens is 264 g/mol. The van der Waals surface area contributed by atoms with Gasteiger partial charge in [0.2, 0.25) is 0 Å². The van der Waals surface area contributed by atoms with E-state index in [1.807, 2.05) is 30.3 Å². The first-order chi connectivity index (χ1) is 8.93. The number of aromatic nitrogens is 2. The van der Waals surface area contributed by atoms with Gasteiger partial charge >= 0.3 is 0 Å². The van der Waals surface area contributed by atoms with Crippen LogP contribution in [0.5, 0.6) is 0 Å². The van der Waals surface area contributed by atoms with Crippen LogP contribution in [0.4, 0.5) is 0 Å². The van der Waals surface area contributed by atoms with E-state index in [4.69, 9.17) is 4.42 Å². The molecule has 0 saturated carbocycles. The predicted molar refractivity (Wildman–Crippen MR) is 73.6 cm³/mol. The largest absolute Gasteiger partial charge is 0.463 e. The quantitative estimate of drug-likeness (QED) is 0.672. The summed E-state index contributed by atoms with van der Waals surface area (Å²) in [5.41, 5.74) is 2.13. The van der Waals surface area contributed by atoms with Crippen LogP contribution >= 0.6 is 23.3 Å². The van der Waals surface area contributed by atoms with Crippen LogP contribution in [-0.2, 0) is 5.75 Å². The van der Waals surface area contributed by atoms with Crippen molar-refractivity contribution in [1.29, 1.82) is 0 Å². The zero-order chi connectivity index (χ0) is 12.2. The van der Waals surface area contributed by atoms with Gasteiger partial charge in [-0.1, -0.05) is 34.8 Å². The lowest BCUT2D eigenvalue weighted by Crippen LogP contribution is -1.80. The van der Waals surface area contributed by atoms with E-state index in [2.05, 4.69) is 21.7 Å². The SMILES string of the molecule is c1ccc(CSc2snnc2-c2ccco2)cc1. The maximum absolute atomic E-state index is 5.36. The minimum Gasteiger partial charge on any atom is -0.463 e. The van der Waals surface area contributed by atoms with Crippen LogP contribution in [0, 0.1) is 0 Å². The van der Waals surface area contributed by atoms with Gasteiger partial charge in [-0.25, -0.2) is 0 Å². The van der Waals surface area contributed by atoms with Gasteiger partial charge in [0, 0.05) is 5.75 Å². The van der Waals surface area contributed by atoms with Crippen LogP contribution in [0.15, 0.2) is 57.4 Å². The van der Waals surface area contributed by atoms with Crippen molar-refractivity contribution in [3.63, 3.8) is 0 Å². The van der Waals surface area contributed by atoms with E-state index in [-0.39, 0.29) is 0 Å². The summed E-state index contributed by atoms with van der Waals surface area (Å²) in [6.45, 7) is 0. The van der Waals surface area contributed by atoms with Crippen LogP contribution in [0.2, 0.25) is 0 Å². The van der Waals surface area contributed by atoms with Crippen molar-refractivity contribution in [2.24, 2.45) is 0 Å². The summed E-state index contributed by atoms with van der Waals surface area (Å²) in [6.07, 6.45) is 1.65. The van der Waals surface area contributed by atoms with Gasteiger partial charge in [0.1, 0.15) is 4.21 Å². The first-order valence-corrected chi connectivity index (χ1v) is 7.22. The maximum Gasteiger partial charge on any atom is 0.156 e. The molecule has 0 amide bonds. The molecule has 0 N–H and O–H groups in total. The summed E-state index contributed by atoms with van der Waals surface area (Å²) in [5, 5.41) is 4.12. The van der Waals surface area contributed by atoms with E-state index < -0.39 is 0 Å². The zero-order valence-corrected chi connectivity index (χ0v) is 11.1. The van der Waals surface area contributed by atoms with Crippen molar-refractivity contribution in [3.05, 3.63) is 54.3 Å². The van der Waals surface area contributed by atoms with E-state index in [1.54, 1.807) is 18.0 Å². The van der Waals surface area contributed by atoms with Crippen molar-refractivity contribution in [2.75, 3.05) is 0 Å². The molecule has 0 fully saturated rings. The molecule has 2 heterocycles. The fourth-order valence-corrected chi connectivity index (χ4v) is 3.24. The third kappa shape index (κ3) is 2.47. The molecule has 0 spiro atoms. The molecule has 3 rings (SSSR count). The number of hydrogen-bond acceptors (Lipinski definition) is 5. The minimum absolute atomic E-state index is 0.777. The molecule has 5 heteroatoms. The maximum atomic E-state index is 5.36. The fraction of sp³-hybridized carbons (Fsp3) is 0.0769. The van der Waals surface area contributed by atoms with Gasteiger partial charge in [-0.05, 0) is 29.2 Å². The standard InChI is InChI=1S/C13H10N2OS2/c1-2-5-10(6-3-1)9-17-13-12(14-15-18-13)11-7-4-8-16-11/h1-8H,9H2. The second kappa shape index (κ2) is 5.37. The Hall–Kier alpha value is -1.59. The third-order valence-electron chi connectivity index (χ3n) is 2.43. The number of furan rings is 1. The van der Waals surface area contributed by atoms with Crippen LogP contribution < -0.4 is 0 Å². The Kier molecular flexibility index (Phi) is 3.43. The summed E-state index contributed by atoms with van der Waals surface area (Å²) in [6, 6.07) is 14.1. The molecule has 0 radical (unpaired) electrons. The number of rotatable bonds is 4. The van der Waals surface area contributed by atoms with Gasteiger partial charge in [-0.15, -0.1) is 16.9 Å². The molecule has 90 valence electrons. The first kappa shape index (κ1) is 11.5. The van der Waals surface area contributed by atoms with E-state index in [1.165, 1.54) is 17.1 Å². The summed E-state index contributed by atoms with van der Waals surface area (Å²) in [4.78, 5) is 0. The van der Waals surface area contributed by atoms with E-state index in [0.717, 1.165) is 21.4 Å². The Balaban J connectivity index is 1.76. The molecule has 0 atom stereocenters. The summed E-state index contributed by atoms with van der Waals surface area (Å²) in [5.74, 6) is 1.69. The molecule has 3 aromatic rings. The van der Waals surface area contributed by atoms with Crippen LogP contribution in [0.3, 0.4) is 0 Å². The highest BCUT2D eigenvalue weighted by Crippen LogP contribution is 2.34. The highest BCUT2D eigenvalue weighted by molar-refractivity contribution is 8.00. The Morgan fingerprint density at radius 1 is 1.11 bits per heavy atom. The lowest BCUT2D eigenvalue weighted by Gasteiger charge is -1.99. The monoisotopic (exact) mass is 274 g/mol. The molecule has 0 aliphatic rings. The van der Waals surface area contributed by atoms with Gasteiger partial charge in [0.25, 0.3) is 0 Å². The molecule has 18 heavy (non-hydrogen) atoms. The molecular formula is C13H10N2OS2. The second-order valence-corrected chi connectivity index (χ2v) is 5.66. The topological polar surface area (TPSA) is 38.9 Å². The van der Waals surface area contributed by atoms with Crippen molar-refractivity contribution < 1.29 is 4.42 Å². The number of thioether (sulfide) groups is 1. The van der Waals surface area contributed by atoms with Crippen molar-refractivity contribution in [1.82, 2.24) is 9.59 Å². The lowest BCUT2D eigenvalue weighted by atomic mass is 10.2. The molecule has 0 unspecified atom stereocenters. The third-order valence-corrected chi connectivity index (χ3v) is 4.46. The highest BCUT2D eigenvalue weighted by atomic mass is 32.2. The molecule has 0 bridgehead atoms. The minimum atomic E-state index is 0.777. The smallest absolute Gasteiger partial charge is 0.156 e. The van der Waals surface area contributed by atoms with Crippen molar-refractivity contribution in [2.45, 2.75) is 9.96 Å². The summed E-state index contributed by atoms with van der Waals surface area (Å²) >= 11 is 3.15. The van der Waals surface area contributed by atoms with Gasteiger partial charge in [-0.3, -0.25) is 0 Å². The van der Waals surface area contributed by atoms with Crippen molar-refractivity contribution >= 4 is 23.3 Å². The van der Waals surface area contributed by atoms with Gasteiger partial charge in [0.15, 0.2) is 11.5 Å².